The Balaban J connectivity index is 2.18. The molecule has 1 N–H and O–H groups in total. The van der Waals surface area contributed by atoms with Crippen molar-refractivity contribution < 1.29 is 5.11 Å². The third kappa shape index (κ3) is 3.49. The predicted molar refractivity (Wildman–Crippen MR) is 101 cm³/mol. The molecule has 0 amide bonds. The van der Waals surface area contributed by atoms with Crippen molar-refractivity contribution in [1.29, 1.82) is 0 Å². The molecule has 25 heavy (non-hydrogen) atoms. The molecule has 1 fully saturated rings. The summed E-state index contributed by atoms with van der Waals surface area (Å²) in [5.74, 6) is 0.114. The van der Waals surface area contributed by atoms with Gasteiger partial charge in [-0.1, -0.05) is 36.2 Å². The summed E-state index contributed by atoms with van der Waals surface area (Å²) >= 11 is 0. The third-order valence-electron chi connectivity index (χ3n) is 5.26. The molecule has 1 aliphatic heterocycles. The van der Waals surface area contributed by atoms with E-state index in [4.69, 9.17) is 0 Å². The van der Waals surface area contributed by atoms with Crippen LogP contribution in [0, 0.1) is 13.8 Å². The van der Waals surface area contributed by atoms with Gasteiger partial charge in [-0.15, -0.1) is 0 Å². The number of rotatable bonds is 4. The highest BCUT2D eigenvalue weighted by Crippen LogP contribution is 2.34. The van der Waals surface area contributed by atoms with Crippen molar-refractivity contribution in [1.82, 2.24) is 9.47 Å². The Morgan fingerprint density at radius 3 is 2.32 bits per heavy atom. The van der Waals surface area contributed by atoms with Crippen molar-refractivity contribution in [2.75, 3.05) is 13.1 Å². The summed E-state index contributed by atoms with van der Waals surface area (Å²) in [6, 6.07) is 9.87. The van der Waals surface area contributed by atoms with Crippen LogP contribution in [0.15, 0.2) is 35.1 Å². The summed E-state index contributed by atoms with van der Waals surface area (Å²) in [5.41, 5.74) is 3.51. The second-order valence-corrected chi connectivity index (χ2v) is 7.04. The van der Waals surface area contributed by atoms with Crippen molar-refractivity contribution in [3.63, 3.8) is 0 Å². The number of hydrogen-bond donors (Lipinski definition) is 1. The molecular formula is C21H28N2O2. The first kappa shape index (κ1) is 17.7. The van der Waals surface area contributed by atoms with Gasteiger partial charge in [0.1, 0.15) is 5.75 Å². The van der Waals surface area contributed by atoms with Crippen LogP contribution in [-0.4, -0.2) is 27.7 Å². The SMILES string of the molecule is CCn1c(C)cc(O)c(C(c2ccc(C)cc2)N2CCCCC2)c1=O. The van der Waals surface area contributed by atoms with Crippen LogP contribution >= 0.6 is 0 Å². The van der Waals surface area contributed by atoms with Gasteiger partial charge in [0.25, 0.3) is 5.56 Å². The molecule has 1 aromatic heterocycles. The fraction of sp³-hybridized carbons (Fsp3) is 0.476. The number of aryl methyl sites for hydroxylation is 2. The molecule has 2 heterocycles. The molecule has 0 spiro atoms. The van der Waals surface area contributed by atoms with Crippen LogP contribution in [0.25, 0.3) is 0 Å². The van der Waals surface area contributed by atoms with Crippen LogP contribution in [0.1, 0.15) is 54.6 Å². The monoisotopic (exact) mass is 340 g/mol. The minimum absolute atomic E-state index is 0.0730. The lowest BCUT2D eigenvalue weighted by atomic mass is 9.94. The first-order valence-electron chi connectivity index (χ1n) is 9.27. The van der Waals surface area contributed by atoms with E-state index in [-0.39, 0.29) is 17.4 Å². The first-order chi connectivity index (χ1) is 12.0. The van der Waals surface area contributed by atoms with E-state index in [1.54, 1.807) is 10.6 Å². The molecule has 134 valence electrons. The Bertz CT molecular complexity index is 787. The quantitative estimate of drug-likeness (QED) is 0.921. The molecule has 0 radical (unpaired) electrons. The van der Waals surface area contributed by atoms with Crippen LogP contribution in [-0.2, 0) is 6.54 Å². The van der Waals surface area contributed by atoms with Crippen LogP contribution in [0.4, 0.5) is 0 Å². The Morgan fingerprint density at radius 2 is 1.72 bits per heavy atom. The highest BCUT2D eigenvalue weighted by Gasteiger charge is 2.29. The van der Waals surface area contributed by atoms with E-state index in [0.717, 1.165) is 37.2 Å². The molecule has 1 atom stereocenters. The van der Waals surface area contributed by atoms with Gasteiger partial charge in [0.2, 0.25) is 0 Å². The van der Waals surface area contributed by atoms with Gasteiger partial charge in [-0.05, 0) is 58.3 Å². The van der Waals surface area contributed by atoms with Crippen molar-refractivity contribution in [3.8, 4) is 5.75 Å². The Morgan fingerprint density at radius 1 is 1.08 bits per heavy atom. The van der Waals surface area contributed by atoms with Gasteiger partial charge in [0, 0.05) is 12.2 Å². The van der Waals surface area contributed by atoms with E-state index in [0.29, 0.717) is 12.1 Å². The normalized spacial score (nSPS) is 16.8. The maximum absolute atomic E-state index is 13.1. The van der Waals surface area contributed by atoms with Crippen molar-refractivity contribution in [2.24, 2.45) is 0 Å². The third-order valence-corrected chi connectivity index (χ3v) is 5.26. The molecule has 1 unspecified atom stereocenters. The summed E-state index contributed by atoms with van der Waals surface area (Å²) in [4.78, 5) is 15.5. The highest BCUT2D eigenvalue weighted by molar-refractivity contribution is 5.41. The average Bonchev–Trinajstić information content (AvgIpc) is 2.60. The van der Waals surface area contributed by atoms with E-state index in [1.165, 1.54) is 12.0 Å². The Labute approximate surface area is 149 Å². The standard InChI is InChI=1S/C21H28N2O2/c1-4-23-16(3)14-18(24)19(21(23)25)20(22-12-6-5-7-13-22)17-10-8-15(2)9-11-17/h8-11,14,20,24H,4-7,12-13H2,1-3H3. The number of piperidine rings is 1. The van der Waals surface area contributed by atoms with Crippen LogP contribution in [0.2, 0.25) is 0 Å². The van der Waals surface area contributed by atoms with E-state index < -0.39 is 0 Å². The molecule has 4 nitrogen and oxygen atoms in total. The summed E-state index contributed by atoms with van der Waals surface area (Å²) in [7, 11) is 0. The first-order valence-corrected chi connectivity index (χ1v) is 9.27. The molecule has 3 rings (SSSR count). The lowest BCUT2D eigenvalue weighted by Gasteiger charge is -2.35. The minimum Gasteiger partial charge on any atom is -0.507 e. The zero-order chi connectivity index (χ0) is 18.0. The number of hydrogen-bond acceptors (Lipinski definition) is 3. The van der Waals surface area contributed by atoms with Gasteiger partial charge in [0.15, 0.2) is 0 Å². The highest BCUT2D eigenvalue weighted by atomic mass is 16.3. The second-order valence-electron chi connectivity index (χ2n) is 7.04. The van der Waals surface area contributed by atoms with Crippen molar-refractivity contribution in [3.05, 3.63) is 63.1 Å². The van der Waals surface area contributed by atoms with Gasteiger partial charge >= 0.3 is 0 Å². The lowest BCUT2D eigenvalue weighted by Crippen LogP contribution is -2.38. The summed E-state index contributed by atoms with van der Waals surface area (Å²) in [6.45, 7) is 8.42. The van der Waals surface area contributed by atoms with E-state index in [2.05, 4.69) is 36.1 Å². The van der Waals surface area contributed by atoms with Gasteiger partial charge in [-0.25, -0.2) is 0 Å². The van der Waals surface area contributed by atoms with E-state index in [9.17, 15) is 9.90 Å². The molecule has 4 heteroatoms. The number of aromatic hydroxyl groups is 1. The molecule has 1 aliphatic rings. The zero-order valence-electron chi connectivity index (χ0n) is 15.5. The molecule has 2 aromatic rings. The number of likely N-dealkylation sites (tertiary alicyclic amines) is 1. The number of pyridine rings is 1. The zero-order valence-corrected chi connectivity index (χ0v) is 15.5. The fourth-order valence-corrected chi connectivity index (χ4v) is 3.90. The van der Waals surface area contributed by atoms with Crippen LogP contribution in [0.3, 0.4) is 0 Å². The van der Waals surface area contributed by atoms with Gasteiger partial charge in [0.05, 0.1) is 11.6 Å². The maximum Gasteiger partial charge on any atom is 0.259 e. The molecule has 1 saturated heterocycles. The molecule has 0 bridgehead atoms. The van der Waals surface area contributed by atoms with Crippen LogP contribution in [0.5, 0.6) is 5.75 Å². The van der Waals surface area contributed by atoms with Gasteiger partial charge in [-0.3, -0.25) is 9.69 Å². The smallest absolute Gasteiger partial charge is 0.259 e. The number of benzene rings is 1. The van der Waals surface area contributed by atoms with Crippen molar-refractivity contribution >= 4 is 0 Å². The van der Waals surface area contributed by atoms with E-state index >= 15 is 0 Å². The molecule has 0 saturated carbocycles. The Kier molecular flexibility index (Phi) is 5.28. The fourth-order valence-electron chi connectivity index (χ4n) is 3.90. The van der Waals surface area contributed by atoms with E-state index in [1.807, 2.05) is 13.8 Å². The second kappa shape index (κ2) is 7.44. The minimum atomic E-state index is -0.188. The maximum atomic E-state index is 13.1. The van der Waals surface area contributed by atoms with Gasteiger partial charge in [-0.2, -0.15) is 0 Å². The average molecular weight is 340 g/mol. The summed E-state index contributed by atoms with van der Waals surface area (Å²) in [6.07, 6.45) is 3.50. The largest absolute Gasteiger partial charge is 0.507 e. The summed E-state index contributed by atoms with van der Waals surface area (Å²) in [5, 5.41) is 10.7. The topological polar surface area (TPSA) is 45.5 Å². The predicted octanol–water partition coefficient (Wildman–Crippen LogP) is 3.77. The summed E-state index contributed by atoms with van der Waals surface area (Å²) < 4.78 is 1.75. The molecule has 1 aromatic carbocycles. The number of aromatic nitrogens is 1. The van der Waals surface area contributed by atoms with Crippen molar-refractivity contribution in [2.45, 2.75) is 52.6 Å². The lowest BCUT2D eigenvalue weighted by molar-refractivity contribution is 0.183. The molecule has 0 aliphatic carbocycles. The molecular weight excluding hydrogens is 312 g/mol. The number of nitrogens with zero attached hydrogens (tertiary/aromatic N) is 2. The Hall–Kier alpha value is -2.07. The van der Waals surface area contributed by atoms with Gasteiger partial charge < -0.3 is 9.67 Å². The van der Waals surface area contributed by atoms with Crippen LogP contribution < -0.4 is 5.56 Å².